The fourth-order valence-electron chi connectivity index (χ4n) is 1.69. The maximum absolute atomic E-state index is 11.5. The Balaban J connectivity index is 0.00000289. The molecule has 6 nitrogen and oxygen atoms in total. The van der Waals surface area contributed by atoms with Crippen LogP contribution >= 0.6 is 12.4 Å². The molecule has 0 atom stereocenters. The lowest BCUT2D eigenvalue weighted by Crippen LogP contribution is -2.40. The number of hydrogen-bond donors (Lipinski definition) is 2. The van der Waals surface area contributed by atoms with E-state index in [0.29, 0.717) is 32.7 Å². The molecule has 0 unspecified atom stereocenters. The van der Waals surface area contributed by atoms with Crippen molar-refractivity contribution in [2.45, 2.75) is 12.8 Å². The number of carbonyl (C=O) groups is 2. The zero-order chi connectivity index (χ0) is 12.5. The van der Waals surface area contributed by atoms with Crippen LogP contribution in [0.2, 0.25) is 0 Å². The Morgan fingerprint density at radius 2 is 2.17 bits per heavy atom. The van der Waals surface area contributed by atoms with Crippen molar-refractivity contribution in [2.75, 3.05) is 46.4 Å². The number of ether oxygens (including phenoxy) is 1. The van der Waals surface area contributed by atoms with Gasteiger partial charge in [0.15, 0.2) is 0 Å². The summed E-state index contributed by atoms with van der Waals surface area (Å²) in [5, 5.41) is 5.89. The van der Waals surface area contributed by atoms with Crippen LogP contribution in [0.15, 0.2) is 0 Å². The Morgan fingerprint density at radius 3 is 2.78 bits per heavy atom. The van der Waals surface area contributed by atoms with Gasteiger partial charge in [-0.3, -0.25) is 9.59 Å². The second-order valence-electron chi connectivity index (χ2n) is 4.01. The zero-order valence-electron chi connectivity index (χ0n) is 10.7. The van der Waals surface area contributed by atoms with Crippen molar-refractivity contribution in [3.8, 4) is 0 Å². The fourth-order valence-corrected chi connectivity index (χ4v) is 1.69. The predicted molar refractivity (Wildman–Crippen MR) is 70.8 cm³/mol. The van der Waals surface area contributed by atoms with Gasteiger partial charge in [-0.25, -0.2) is 0 Å². The van der Waals surface area contributed by atoms with Crippen LogP contribution in [0.5, 0.6) is 0 Å². The summed E-state index contributed by atoms with van der Waals surface area (Å²) in [6.45, 7) is 3.62. The van der Waals surface area contributed by atoms with Crippen molar-refractivity contribution in [1.82, 2.24) is 15.5 Å². The number of nitrogens with zero attached hydrogens (tertiary/aromatic N) is 1. The van der Waals surface area contributed by atoms with Gasteiger partial charge in [0.1, 0.15) is 0 Å². The molecule has 0 aromatic carbocycles. The highest BCUT2D eigenvalue weighted by Gasteiger charge is 2.21. The van der Waals surface area contributed by atoms with Crippen LogP contribution in [0.25, 0.3) is 0 Å². The number of hydrogen-bond acceptors (Lipinski definition) is 4. The molecule has 106 valence electrons. The molecule has 0 spiro atoms. The molecule has 0 radical (unpaired) electrons. The molecule has 1 fully saturated rings. The van der Waals surface area contributed by atoms with Crippen LogP contribution in [0.4, 0.5) is 0 Å². The van der Waals surface area contributed by atoms with Gasteiger partial charge in [0.05, 0.1) is 13.2 Å². The molecule has 0 aromatic heterocycles. The highest BCUT2D eigenvalue weighted by Crippen LogP contribution is 2.08. The Labute approximate surface area is 114 Å². The molecule has 1 aliphatic heterocycles. The van der Waals surface area contributed by atoms with Crippen LogP contribution in [-0.4, -0.2) is 63.2 Å². The van der Waals surface area contributed by atoms with Crippen LogP contribution in [0, 0.1) is 0 Å². The molecular weight excluding hydrogens is 258 g/mol. The Hall–Kier alpha value is -0.850. The lowest BCUT2D eigenvalue weighted by atomic mass is 10.4. The van der Waals surface area contributed by atoms with E-state index in [4.69, 9.17) is 4.74 Å². The molecule has 0 bridgehead atoms. The fraction of sp³-hybridized carbons (Fsp3) is 0.818. The first-order valence-corrected chi connectivity index (χ1v) is 5.98. The van der Waals surface area contributed by atoms with E-state index in [9.17, 15) is 9.59 Å². The number of likely N-dealkylation sites (tertiary alicyclic amines) is 1. The van der Waals surface area contributed by atoms with Gasteiger partial charge in [0.25, 0.3) is 0 Å². The monoisotopic (exact) mass is 279 g/mol. The van der Waals surface area contributed by atoms with Crippen molar-refractivity contribution in [1.29, 1.82) is 0 Å². The van der Waals surface area contributed by atoms with E-state index in [-0.39, 0.29) is 30.8 Å². The molecule has 0 saturated carbocycles. The molecule has 18 heavy (non-hydrogen) atoms. The second kappa shape index (κ2) is 10.1. The summed E-state index contributed by atoms with van der Waals surface area (Å²) in [5.41, 5.74) is 0. The van der Waals surface area contributed by atoms with E-state index in [0.717, 1.165) is 13.0 Å². The molecule has 0 aliphatic carbocycles. The molecule has 0 aromatic rings. The summed E-state index contributed by atoms with van der Waals surface area (Å²) >= 11 is 0. The third-order valence-corrected chi connectivity index (χ3v) is 2.61. The molecule has 1 rings (SSSR count). The minimum absolute atomic E-state index is 0. The Morgan fingerprint density at radius 1 is 1.39 bits per heavy atom. The van der Waals surface area contributed by atoms with Gasteiger partial charge >= 0.3 is 0 Å². The number of amides is 2. The highest BCUT2D eigenvalue weighted by molar-refractivity contribution is 5.86. The van der Waals surface area contributed by atoms with E-state index >= 15 is 0 Å². The van der Waals surface area contributed by atoms with Gasteiger partial charge in [0, 0.05) is 39.7 Å². The van der Waals surface area contributed by atoms with Crippen molar-refractivity contribution in [3.63, 3.8) is 0 Å². The number of nitrogens with one attached hydrogen (secondary N) is 2. The van der Waals surface area contributed by atoms with Gasteiger partial charge in [-0.2, -0.15) is 0 Å². The first kappa shape index (κ1) is 17.2. The second-order valence-corrected chi connectivity index (χ2v) is 4.01. The summed E-state index contributed by atoms with van der Waals surface area (Å²) in [6, 6.07) is 0. The molecular formula is C11H22ClN3O3. The van der Waals surface area contributed by atoms with E-state index in [1.165, 1.54) is 0 Å². The van der Waals surface area contributed by atoms with E-state index in [1.807, 2.05) is 0 Å². The third-order valence-electron chi connectivity index (χ3n) is 2.61. The molecule has 1 saturated heterocycles. The Bertz CT molecular complexity index is 264. The molecule has 2 amide bonds. The average Bonchev–Trinajstić information content (AvgIpc) is 2.69. The minimum atomic E-state index is -0.0891. The summed E-state index contributed by atoms with van der Waals surface area (Å²) < 4.78 is 4.88. The maximum Gasteiger partial charge on any atom is 0.239 e. The van der Waals surface area contributed by atoms with Crippen LogP contribution < -0.4 is 10.6 Å². The molecule has 2 N–H and O–H groups in total. The summed E-state index contributed by atoms with van der Waals surface area (Å²) in [5.74, 6) is -0.00726. The first-order chi connectivity index (χ1) is 8.24. The van der Waals surface area contributed by atoms with Crippen molar-refractivity contribution < 1.29 is 14.3 Å². The summed E-state index contributed by atoms with van der Waals surface area (Å²) in [4.78, 5) is 24.4. The number of rotatable bonds is 8. The van der Waals surface area contributed by atoms with Gasteiger partial charge in [-0.05, 0) is 6.42 Å². The lowest BCUT2D eigenvalue weighted by molar-refractivity contribution is -0.133. The topological polar surface area (TPSA) is 70.7 Å². The average molecular weight is 280 g/mol. The van der Waals surface area contributed by atoms with E-state index < -0.39 is 0 Å². The normalized spacial score (nSPS) is 14.5. The van der Waals surface area contributed by atoms with Gasteiger partial charge < -0.3 is 20.3 Å². The number of methoxy groups -OCH3 is 1. The van der Waals surface area contributed by atoms with E-state index in [1.54, 1.807) is 12.0 Å². The van der Waals surface area contributed by atoms with Crippen molar-refractivity contribution >= 4 is 24.2 Å². The summed E-state index contributed by atoms with van der Waals surface area (Å²) in [6.07, 6.45) is 1.44. The van der Waals surface area contributed by atoms with Crippen LogP contribution in [0.3, 0.4) is 0 Å². The van der Waals surface area contributed by atoms with Gasteiger partial charge in [0.2, 0.25) is 11.8 Å². The summed E-state index contributed by atoms with van der Waals surface area (Å²) in [7, 11) is 1.65. The molecule has 7 heteroatoms. The number of carbonyl (C=O) groups excluding carboxylic acids is 2. The standard InChI is InChI=1S/C11H21N3O3.ClH/c1-17-8-6-12-4-5-13-10(15)9-14-7-2-3-11(14)16;/h12H,2-9H2,1H3,(H,13,15);1H. The van der Waals surface area contributed by atoms with Crippen molar-refractivity contribution in [3.05, 3.63) is 0 Å². The zero-order valence-corrected chi connectivity index (χ0v) is 11.6. The van der Waals surface area contributed by atoms with Crippen LogP contribution in [0.1, 0.15) is 12.8 Å². The maximum atomic E-state index is 11.5. The third kappa shape index (κ3) is 6.78. The smallest absolute Gasteiger partial charge is 0.239 e. The largest absolute Gasteiger partial charge is 0.383 e. The minimum Gasteiger partial charge on any atom is -0.383 e. The SMILES string of the molecule is COCCNCCNC(=O)CN1CCCC1=O.Cl. The quantitative estimate of drug-likeness (QED) is 0.581. The van der Waals surface area contributed by atoms with Gasteiger partial charge in [-0.1, -0.05) is 0 Å². The van der Waals surface area contributed by atoms with Crippen molar-refractivity contribution in [2.24, 2.45) is 0 Å². The molecule has 1 heterocycles. The number of halogens is 1. The van der Waals surface area contributed by atoms with Gasteiger partial charge in [-0.15, -0.1) is 12.4 Å². The Kier molecular flexibility index (Phi) is 9.63. The van der Waals surface area contributed by atoms with E-state index in [2.05, 4.69) is 10.6 Å². The first-order valence-electron chi connectivity index (χ1n) is 5.98. The molecule has 1 aliphatic rings. The highest BCUT2D eigenvalue weighted by atomic mass is 35.5. The van der Waals surface area contributed by atoms with Crippen LogP contribution in [-0.2, 0) is 14.3 Å². The predicted octanol–water partition coefficient (Wildman–Crippen LogP) is -0.617. The lowest BCUT2D eigenvalue weighted by Gasteiger charge is -2.14.